The molecule has 0 bridgehead atoms. The second-order valence-electron chi connectivity index (χ2n) is 2.25. The molecule has 1 aromatic carbocycles. The van der Waals surface area contributed by atoms with Crippen molar-refractivity contribution in [3.05, 3.63) is 27.9 Å². The Morgan fingerprint density at radius 2 is 2.25 bits per heavy atom. The molecule has 0 aliphatic carbocycles. The molecule has 1 aromatic rings. The van der Waals surface area contributed by atoms with Gasteiger partial charge in [-0.15, -0.1) is 0 Å². The quantitative estimate of drug-likeness (QED) is 0.665. The molecule has 1 unspecified atom stereocenters. The van der Waals surface area contributed by atoms with Gasteiger partial charge >= 0.3 is 0 Å². The van der Waals surface area contributed by atoms with Crippen LogP contribution in [0.3, 0.4) is 0 Å². The van der Waals surface area contributed by atoms with Crippen LogP contribution < -0.4 is 10.5 Å². The average Bonchev–Trinajstić information content (AvgIpc) is 2.04. The van der Waals surface area contributed by atoms with E-state index in [4.69, 9.17) is 5.21 Å². The van der Waals surface area contributed by atoms with Gasteiger partial charge in [0.1, 0.15) is 0 Å². The molecular weight excluding hydrogens is 224 g/mol. The first-order valence-electron chi connectivity index (χ1n) is 3.35. The van der Waals surface area contributed by atoms with E-state index in [1.165, 1.54) is 0 Å². The Morgan fingerprint density at radius 1 is 1.58 bits per heavy atom. The zero-order chi connectivity index (χ0) is 9.14. The Bertz CT molecular complexity index is 278. The van der Waals surface area contributed by atoms with Crippen LogP contribution >= 0.6 is 15.9 Å². The highest BCUT2D eigenvalue weighted by Crippen LogP contribution is 2.21. The standard InChI is InChI=1S/C7H9BrN2O2/c1-9-6-3-2-5(8)4-7(6)10(11)12/h2-4,9-11H,1H3. The topological polar surface area (TPSA) is 59.8 Å². The number of hydrogen-bond acceptors (Lipinski definition) is 3. The van der Waals surface area contributed by atoms with Crippen LogP contribution in [0.5, 0.6) is 0 Å². The molecule has 0 amide bonds. The maximum Gasteiger partial charge on any atom is 0.188 e. The predicted octanol–water partition coefficient (Wildman–Crippen LogP) is 0.894. The van der Waals surface area contributed by atoms with Crippen molar-refractivity contribution < 1.29 is 10.4 Å². The second-order valence-corrected chi connectivity index (χ2v) is 3.16. The van der Waals surface area contributed by atoms with Gasteiger partial charge in [0.2, 0.25) is 0 Å². The fraction of sp³-hybridized carbons (Fsp3) is 0.143. The molecular formula is C7H9BrN2O2. The van der Waals surface area contributed by atoms with Crippen LogP contribution in [0.1, 0.15) is 0 Å². The molecule has 5 heteroatoms. The third-order valence-corrected chi connectivity index (χ3v) is 1.97. The van der Waals surface area contributed by atoms with Crippen molar-refractivity contribution in [1.29, 1.82) is 0 Å². The van der Waals surface area contributed by atoms with Crippen molar-refractivity contribution in [3.63, 3.8) is 0 Å². The zero-order valence-electron chi connectivity index (χ0n) is 6.47. The van der Waals surface area contributed by atoms with E-state index in [0.29, 0.717) is 5.69 Å². The molecule has 3 N–H and O–H groups in total. The van der Waals surface area contributed by atoms with Crippen molar-refractivity contribution in [2.75, 3.05) is 12.4 Å². The smallest absolute Gasteiger partial charge is 0.188 e. The first-order valence-corrected chi connectivity index (χ1v) is 4.15. The molecule has 0 saturated heterocycles. The highest BCUT2D eigenvalue weighted by Gasteiger charge is 2.07. The van der Waals surface area contributed by atoms with Crippen LogP contribution in [0.4, 0.5) is 11.4 Å². The van der Waals surface area contributed by atoms with Gasteiger partial charge in [-0.2, -0.15) is 5.23 Å². The number of benzene rings is 1. The van der Waals surface area contributed by atoms with Gasteiger partial charge in [-0.1, -0.05) is 15.9 Å². The first kappa shape index (κ1) is 9.47. The number of anilines is 1. The molecule has 0 aromatic heterocycles. The summed E-state index contributed by atoms with van der Waals surface area (Å²) in [5.74, 6) is 0. The van der Waals surface area contributed by atoms with E-state index in [-0.39, 0.29) is 5.69 Å². The molecule has 0 spiro atoms. The number of rotatable bonds is 2. The molecule has 0 saturated carbocycles. The third-order valence-electron chi connectivity index (χ3n) is 1.48. The first-order chi connectivity index (χ1) is 5.65. The van der Waals surface area contributed by atoms with Gasteiger partial charge in [-0.25, -0.2) is 5.21 Å². The van der Waals surface area contributed by atoms with E-state index >= 15 is 0 Å². The third kappa shape index (κ3) is 1.95. The van der Waals surface area contributed by atoms with Gasteiger partial charge in [0, 0.05) is 17.6 Å². The van der Waals surface area contributed by atoms with Crippen LogP contribution in [0.25, 0.3) is 0 Å². The van der Waals surface area contributed by atoms with E-state index in [9.17, 15) is 5.21 Å². The molecule has 1 rings (SSSR count). The summed E-state index contributed by atoms with van der Waals surface area (Å²) in [5.41, 5.74) is 0.887. The highest BCUT2D eigenvalue weighted by molar-refractivity contribution is 9.10. The molecule has 0 aliphatic heterocycles. The van der Waals surface area contributed by atoms with Gasteiger partial charge in [-0.3, -0.25) is 0 Å². The summed E-state index contributed by atoms with van der Waals surface area (Å²) in [5, 5.41) is 21.3. The van der Waals surface area contributed by atoms with Gasteiger partial charge in [0.15, 0.2) is 5.69 Å². The highest BCUT2D eigenvalue weighted by atomic mass is 79.9. The molecule has 0 aliphatic rings. The lowest BCUT2D eigenvalue weighted by Gasteiger charge is -2.15. The summed E-state index contributed by atoms with van der Waals surface area (Å²) in [4.78, 5) is 0. The van der Waals surface area contributed by atoms with Crippen molar-refractivity contribution in [1.82, 2.24) is 0 Å². The van der Waals surface area contributed by atoms with Crippen LogP contribution in [0, 0.1) is 5.21 Å². The minimum atomic E-state index is -0.930. The second kappa shape index (κ2) is 3.86. The number of halogens is 1. The lowest BCUT2D eigenvalue weighted by atomic mass is 10.3. The summed E-state index contributed by atoms with van der Waals surface area (Å²) in [6.07, 6.45) is 0. The Kier molecular flexibility index (Phi) is 3.05. The predicted molar refractivity (Wildman–Crippen MR) is 49.5 cm³/mol. The summed E-state index contributed by atoms with van der Waals surface area (Å²) in [7, 11) is 1.69. The average molecular weight is 233 g/mol. The summed E-state index contributed by atoms with van der Waals surface area (Å²) in [6.45, 7) is 0. The van der Waals surface area contributed by atoms with Crippen LogP contribution in [0.15, 0.2) is 22.7 Å². The normalized spacial score (nSPS) is 12.7. The molecule has 0 fully saturated rings. The fourth-order valence-corrected chi connectivity index (χ4v) is 1.27. The van der Waals surface area contributed by atoms with Gasteiger partial charge in [0.05, 0.1) is 5.69 Å². The van der Waals surface area contributed by atoms with Crippen LogP contribution in [-0.2, 0) is 0 Å². The molecule has 4 nitrogen and oxygen atoms in total. The largest absolute Gasteiger partial charge is 0.595 e. The van der Waals surface area contributed by atoms with Crippen molar-refractivity contribution in [3.8, 4) is 0 Å². The van der Waals surface area contributed by atoms with Gasteiger partial charge < -0.3 is 10.5 Å². The molecule has 12 heavy (non-hydrogen) atoms. The maximum absolute atomic E-state index is 10.7. The Balaban J connectivity index is 3.12. The van der Waals surface area contributed by atoms with E-state index in [1.807, 2.05) is 0 Å². The summed E-state index contributed by atoms with van der Waals surface area (Å²) in [6, 6.07) is 5.07. The van der Waals surface area contributed by atoms with Crippen LogP contribution in [-0.4, -0.2) is 12.3 Å². The van der Waals surface area contributed by atoms with Gasteiger partial charge in [0.25, 0.3) is 0 Å². The summed E-state index contributed by atoms with van der Waals surface area (Å²) >= 11 is 3.20. The Morgan fingerprint density at radius 3 is 2.75 bits per heavy atom. The number of nitrogens with one attached hydrogen (secondary N) is 2. The van der Waals surface area contributed by atoms with Crippen molar-refractivity contribution in [2.45, 2.75) is 0 Å². The minimum Gasteiger partial charge on any atom is -0.595 e. The zero-order valence-corrected chi connectivity index (χ0v) is 8.05. The SMILES string of the molecule is CNc1ccc(Br)cc1[NH+]([O-])O. The van der Waals surface area contributed by atoms with E-state index in [1.54, 1.807) is 25.2 Å². The Hall–Kier alpha value is -0.620. The number of quaternary nitrogens is 1. The van der Waals surface area contributed by atoms with E-state index in [2.05, 4.69) is 21.2 Å². The minimum absolute atomic E-state index is 0.270. The number of hydrogen-bond donors (Lipinski definition) is 3. The van der Waals surface area contributed by atoms with E-state index < -0.39 is 5.23 Å². The Labute approximate surface area is 78.5 Å². The van der Waals surface area contributed by atoms with Gasteiger partial charge in [-0.05, 0) is 12.1 Å². The van der Waals surface area contributed by atoms with Crippen molar-refractivity contribution in [2.24, 2.45) is 0 Å². The van der Waals surface area contributed by atoms with Crippen molar-refractivity contribution >= 4 is 27.3 Å². The molecule has 1 atom stereocenters. The molecule has 0 heterocycles. The van der Waals surface area contributed by atoms with Crippen LogP contribution in [0.2, 0.25) is 0 Å². The lowest BCUT2D eigenvalue weighted by Crippen LogP contribution is -2.99. The molecule has 0 radical (unpaired) electrons. The maximum atomic E-state index is 10.7. The lowest BCUT2D eigenvalue weighted by molar-refractivity contribution is -0.990. The fourth-order valence-electron chi connectivity index (χ4n) is 0.911. The molecule has 66 valence electrons. The summed E-state index contributed by atoms with van der Waals surface area (Å²) < 4.78 is 0.763. The van der Waals surface area contributed by atoms with E-state index in [0.717, 1.165) is 4.47 Å². The monoisotopic (exact) mass is 232 g/mol.